The van der Waals surface area contributed by atoms with E-state index in [1.807, 2.05) is 0 Å². The normalized spacial score (nSPS) is 9.73. The van der Waals surface area contributed by atoms with Gasteiger partial charge in [0.1, 0.15) is 0 Å². The van der Waals surface area contributed by atoms with Gasteiger partial charge in [-0.3, -0.25) is 4.57 Å². The molecule has 0 radical (unpaired) electrons. The third kappa shape index (κ3) is 19.3. The van der Waals surface area contributed by atoms with Crippen LogP contribution >= 0.6 is 30.2 Å². The van der Waals surface area contributed by atoms with Gasteiger partial charge >= 0.3 is 66.7 Å². The van der Waals surface area contributed by atoms with E-state index >= 15 is 0 Å². The van der Waals surface area contributed by atoms with E-state index in [1.54, 1.807) is 0 Å². The molecule has 0 aliphatic rings. The first-order valence-corrected chi connectivity index (χ1v) is 5.99. The van der Waals surface area contributed by atoms with E-state index in [-0.39, 0.29) is 65.3 Å². The van der Waals surface area contributed by atoms with E-state index in [0.29, 0.717) is 6.42 Å². The second-order valence-corrected chi connectivity index (χ2v) is 4.64. The molecule has 7 heteroatoms. The molecule has 60 valence electrons. The van der Waals surface area contributed by atoms with Gasteiger partial charge in [0.05, 0.1) is 0 Å². The van der Waals surface area contributed by atoms with Gasteiger partial charge in [-0.15, -0.1) is 0 Å². The van der Waals surface area contributed by atoms with Crippen molar-refractivity contribution < 1.29 is 14.4 Å². The fourth-order valence-corrected chi connectivity index (χ4v) is 1.59. The molecular formula is C4H12INa2O3P. The first-order valence-electron chi connectivity index (χ1n) is 2.67. The van der Waals surface area contributed by atoms with Crippen molar-refractivity contribution in [3.8, 4) is 0 Å². The average molecular weight is 312 g/mol. The minimum atomic E-state index is -3.70. The summed E-state index contributed by atoms with van der Waals surface area (Å²) in [6.45, 7) is 0. The zero-order valence-electron chi connectivity index (χ0n) is 4.96. The van der Waals surface area contributed by atoms with Crippen molar-refractivity contribution in [3.05, 3.63) is 0 Å². The fraction of sp³-hybridized carbons (Fsp3) is 1.00. The van der Waals surface area contributed by atoms with Crippen LogP contribution in [0.15, 0.2) is 0 Å². The van der Waals surface area contributed by atoms with Crippen LogP contribution in [0.5, 0.6) is 0 Å². The van der Waals surface area contributed by atoms with E-state index in [0.717, 1.165) is 10.8 Å². The zero-order chi connectivity index (χ0) is 7.33. The molecule has 0 aromatic heterocycles. The van der Waals surface area contributed by atoms with Gasteiger partial charge in [-0.1, -0.05) is 22.6 Å². The third-order valence-corrected chi connectivity index (χ3v) is 2.49. The Morgan fingerprint density at radius 3 is 1.91 bits per heavy atom. The summed E-state index contributed by atoms with van der Waals surface area (Å²) in [7, 11) is -3.70. The molecule has 0 bridgehead atoms. The molecular weight excluding hydrogens is 300 g/mol. The van der Waals surface area contributed by atoms with Gasteiger partial charge in [0.2, 0.25) is 0 Å². The monoisotopic (exact) mass is 312 g/mol. The van der Waals surface area contributed by atoms with E-state index in [9.17, 15) is 4.57 Å². The summed E-state index contributed by atoms with van der Waals surface area (Å²) in [5.74, 6) is 0. The van der Waals surface area contributed by atoms with Crippen LogP contribution in [-0.4, -0.2) is 79.5 Å². The van der Waals surface area contributed by atoms with Crippen LogP contribution in [0.3, 0.4) is 0 Å². The van der Waals surface area contributed by atoms with Gasteiger partial charge in [-0.2, -0.15) is 0 Å². The molecule has 0 fully saturated rings. The fourth-order valence-electron chi connectivity index (χ4n) is 0.412. The predicted molar refractivity (Wildman–Crippen MR) is 59.3 cm³/mol. The van der Waals surface area contributed by atoms with Crippen LogP contribution in [0.1, 0.15) is 12.8 Å². The summed E-state index contributed by atoms with van der Waals surface area (Å²) in [6, 6.07) is 0. The summed E-state index contributed by atoms with van der Waals surface area (Å²) in [6.07, 6.45) is 1.56. The zero-order valence-corrected chi connectivity index (χ0v) is 8.01. The topological polar surface area (TPSA) is 57.5 Å². The van der Waals surface area contributed by atoms with E-state index in [2.05, 4.69) is 22.6 Å². The summed E-state index contributed by atoms with van der Waals surface area (Å²) in [4.78, 5) is 16.7. The molecule has 0 aromatic rings. The Balaban J connectivity index is -0.000000320. The van der Waals surface area contributed by atoms with Gasteiger partial charge in [0.15, 0.2) is 0 Å². The summed E-state index contributed by atoms with van der Waals surface area (Å²) >= 11 is 2.19. The van der Waals surface area contributed by atoms with Crippen LogP contribution in [0.4, 0.5) is 0 Å². The molecule has 0 aliphatic carbocycles. The van der Waals surface area contributed by atoms with Gasteiger partial charge in [-0.25, -0.2) is 0 Å². The molecule has 11 heavy (non-hydrogen) atoms. The van der Waals surface area contributed by atoms with Crippen LogP contribution in [0, 0.1) is 0 Å². The Hall–Kier alpha value is 2.88. The first-order chi connectivity index (χ1) is 4.06. The van der Waals surface area contributed by atoms with Gasteiger partial charge in [-0.05, 0) is 17.3 Å². The van der Waals surface area contributed by atoms with Crippen LogP contribution in [-0.2, 0) is 4.57 Å². The van der Waals surface area contributed by atoms with Crippen LogP contribution in [0.25, 0.3) is 0 Å². The Labute approximate surface area is 125 Å². The van der Waals surface area contributed by atoms with Crippen molar-refractivity contribution in [2.24, 2.45) is 0 Å². The van der Waals surface area contributed by atoms with Crippen LogP contribution in [0.2, 0.25) is 0 Å². The molecule has 0 rings (SSSR count). The second-order valence-electron chi connectivity index (χ2n) is 1.78. The van der Waals surface area contributed by atoms with Crippen LogP contribution < -0.4 is 0 Å². The van der Waals surface area contributed by atoms with Crippen molar-refractivity contribution in [2.45, 2.75) is 12.8 Å². The van der Waals surface area contributed by atoms with Crippen molar-refractivity contribution in [2.75, 3.05) is 10.6 Å². The van der Waals surface area contributed by atoms with E-state index in [1.165, 1.54) is 0 Å². The molecule has 0 saturated carbocycles. The predicted octanol–water partition coefficient (Wildman–Crippen LogP) is 0.0823. The molecule has 0 aliphatic heterocycles. The number of hydrogen-bond acceptors (Lipinski definition) is 1. The summed E-state index contributed by atoms with van der Waals surface area (Å²) < 4.78 is 11.2. The number of rotatable bonds is 4. The Kier molecular flexibility index (Phi) is 19.4. The molecule has 0 heterocycles. The molecule has 0 aromatic carbocycles. The quantitative estimate of drug-likeness (QED) is 0.254. The van der Waals surface area contributed by atoms with Gasteiger partial charge < -0.3 is 9.79 Å². The summed E-state index contributed by atoms with van der Waals surface area (Å²) in [5.41, 5.74) is 0. The van der Waals surface area contributed by atoms with Gasteiger partial charge in [0.25, 0.3) is 0 Å². The van der Waals surface area contributed by atoms with Crippen molar-refractivity contribution in [1.82, 2.24) is 0 Å². The van der Waals surface area contributed by atoms with Gasteiger partial charge in [0, 0.05) is 6.16 Å². The number of alkyl halides is 1. The summed E-state index contributed by atoms with van der Waals surface area (Å²) in [5, 5.41) is 0. The molecule has 0 spiro atoms. The molecule has 0 atom stereocenters. The molecule has 0 saturated heterocycles. The Morgan fingerprint density at radius 2 is 1.64 bits per heavy atom. The Morgan fingerprint density at radius 1 is 1.18 bits per heavy atom. The van der Waals surface area contributed by atoms with E-state index in [4.69, 9.17) is 9.79 Å². The maximum absolute atomic E-state index is 10.2. The molecule has 2 N–H and O–H groups in total. The number of hydrogen-bond donors (Lipinski definition) is 2. The van der Waals surface area contributed by atoms with Crippen molar-refractivity contribution >= 4 is 89.3 Å². The minimum absolute atomic E-state index is 0. The third-order valence-electron chi connectivity index (χ3n) is 0.833. The van der Waals surface area contributed by atoms with E-state index < -0.39 is 7.60 Å². The average Bonchev–Trinajstić information content (AvgIpc) is 1.63. The SMILES string of the molecule is O=P(O)(O)CCCCI.[NaH].[NaH]. The molecule has 0 amide bonds. The Bertz CT molecular complexity index is 118. The number of halogens is 1. The first kappa shape index (κ1) is 19.5. The standard InChI is InChI=1S/C4H10IO3P.2Na.2H/c5-3-1-2-4-9(6,7)8;;;;/h1-4H2,(H2,6,7,8);;;;. The maximum atomic E-state index is 10.2. The van der Waals surface area contributed by atoms with Crippen molar-refractivity contribution in [3.63, 3.8) is 0 Å². The number of unbranched alkanes of at least 4 members (excludes halogenated alkanes) is 1. The molecule has 0 unspecified atom stereocenters. The second kappa shape index (κ2) is 11.0. The molecule has 3 nitrogen and oxygen atoms in total. The van der Waals surface area contributed by atoms with Crippen molar-refractivity contribution in [1.29, 1.82) is 0 Å².